The van der Waals surface area contributed by atoms with E-state index in [0.29, 0.717) is 32.9 Å². The first-order valence-corrected chi connectivity index (χ1v) is 10.1. The summed E-state index contributed by atoms with van der Waals surface area (Å²) < 4.78 is 32.3. The van der Waals surface area contributed by atoms with Crippen molar-refractivity contribution in [2.75, 3.05) is 28.0 Å². The van der Waals surface area contributed by atoms with E-state index >= 15 is 0 Å². The molecule has 1 aliphatic rings. The van der Waals surface area contributed by atoms with Crippen molar-refractivity contribution in [3.05, 3.63) is 46.4 Å². The Labute approximate surface area is 167 Å². The number of amides is 1. The van der Waals surface area contributed by atoms with Crippen molar-refractivity contribution in [1.82, 2.24) is 0 Å². The van der Waals surface area contributed by atoms with Gasteiger partial charge in [-0.25, -0.2) is 0 Å². The Morgan fingerprint density at radius 3 is 2.41 bits per heavy atom. The second kappa shape index (κ2) is 7.10. The molecular formula is C17H17Cl2N3O4S. The number of anilines is 3. The molecule has 0 saturated carbocycles. The van der Waals surface area contributed by atoms with E-state index in [0.717, 1.165) is 4.31 Å². The van der Waals surface area contributed by atoms with Crippen LogP contribution in [-0.4, -0.2) is 34.5 Å². The lowest BCUT2D eigenvalue weighted by atomic mass is 10.2. The molecule has 1 heterocycles. The van der Waals surface area contributed by atoms with Crippen molar-refractivity contribution in [2.45, 2.75) is 13.0 Å². The van der Waals surface area contributed by atoms with Gasteiger partial charge in [0.25, 0.3) is 5.91 Å². The maximum atomic E-state index is 12.4. The fourth-order valence-electron chi connectivity index (χ4n) is 2.61. The zero-order valence-corrected chi connectivity index (χ0v) is 17.1. The molecule has 0 fully saturated rings. The maximum absolute atomic E-state index is 12.4. The zero-order valence-electron chi connectivity index (χ0n) is 14.7. The predicted molar refractivity (Wildman–Crippen MR) is 107 cm³/mol. The fourth-order valence-corrected chi connectivity index (χ4v) is 4.23. The van der Waals surface area contributed by atoms with Crippen molar-refractivity contribution in [1.29, 1.82) is 0 Å². The van der Waals surface area contributed by atoms with Gasteiger partial charge in [-0.15, -0.1) is 0 Å². The van der Waals surface area contributed by atoms with Gasteiger partial charge in [-0.1, -0.05) is 23.2 Å². The summed E-state index contributed by atoms with van der Waals surface area (Å²) in [5.41, 5.74) is 1.46. The lowest BCUT2D eigenvalue weighted by Crippen LogP contribution is -2.32. The summed E-state index contributed by atoms with van der Waals surface area (Å²) >= 11 is 11.9. The molecule has 0 radical (unpaired) electrons. The third-order valence-electron chi connectivity index (χ3n) is 4.18. The van der Waals surface area contributed by atoms with Crippen LogP contribution in [0.15, 0.2) is 36.4 Å². The van der Waals surface area contributed by atoms with E-state index in [1.807, 2.05) is 0 Å². The number of nitrogens with zero attached hydrogens (tertiary/aromatic N) is 2. The number of hydrogen-bond donors (Lipinski definition) is 1. The SMILES string of the molecule is C[C@@H](Oc1ccc(Cl)cc1Cl)C(=O)Nc1ccc2c(c1)N(C)S(=O)(=O)N2C. The lowest BCUT2D eigenvalue weighted by Gasteiger charge is -2.16. The average Bonchev–Trinajstić information content (AvgIpc) is 2.78. The summed E-state index contributed by atoms with van der Waals surface area (Å²) in [7, 11) is -0.640. The van der Waals surface area contributed by atoms with Crippen LogP contribution in [0.3, 0.4) is 0 Å². The molecule has 2 aromatic carbocycles. The molecule has 10 heteroatoms. The molecule has 0 aromatic heterocycles. The van der Waals surface area contributed by atoms with E-state index in [1.54, 1.807) is 37.3 Å². The van der Waals surface area contributed by atoms with Gasteiger partial charge in [0.15, 0.2) is 6.10 Å². The van der Waals surface area contributed by atoms with Gasteiger partial charge in [-0.3, -0.25) is 13.4 Å². The zero-order chi connectivity index (χ0) is 19.9. The number of ether oxygens (including phenoxy) is 1. The van der Waals surface area contributed by atoms with E-state index in [-0.39, 0.29) is 0 Å². The summed E-state index contributed by atoms with van der Waals surface area (Å²) in [5.74, 6) is -0.0667. The van der Waals surface area contributed by atoms with Gasteiger partial charge in [-0.05, 0) is 43.3 Å². The fraction of sp³-hybridized carbons (Fsp3) is 0.235. The van der Waals surface area contributed by atoms with Crippen LogP contribution >= 0.6 is 23.2 Å². The molecule has 144 valence electrons. The van der Waals surface area contributed by atoms with E-state index in [9.17, 15) is 13.2 Å². The minimum atomic E-state index is -3.57. The van der Waals surface area contributed by atoms with Gasteiger partial charge in [0.1, 0.15) is 5.75 Å². The third-order valence-corrected chi connectivity index (χ3v) is 6.49. The summed E-state index contributed by atoms with van der Waals surface area (Å²) in [6, 6.07) is 9.57. The van der Waals surface area contributed by atoms with Crippen molar-refractivity contribution in [3.8, 4) is 5.75 Å². The Bertz CT molecular complexity index is 1010. The van der Waals surface area contributed by atoms with Crippen LogP contribution in [0, 0.1) is 0 Å². The Morgan fingerprint density at radius 2 is 1.74 bits per heavy atom. The molecule has 0 unspecified atom stereocenters. The summed E-state index contributed by atoms with van der Waals surface area (Å²) in [6.45, 7) is 1.58. The number of benzene rings is 2. The smallest absolute Gasteiger partial charge is 0.326 e. The summed E-state index contributed by atoms with van der Waals surface area (Å²) in [4.78, 5) is 12.4. The first-order chi connectivity index (χ1) is 12.6. The van der Waals surface area contributed by atoms with Crippen molar-refractivity contribution < 1.29 is 17.9 Å². The Morgan fingerprint density at radius 1 is 1.07 bits per heavy atom. The number of fused-ring (bicyclic) bond motifs is 1. The van der Waals surface area contributed by atoms with Gasteiger partial charge >= 0.3 is 10.2 Å². The first kappa shape index (κ1) is 19.6. The molecule has 7 nitrogen and oxygen atoms in total. The number of carbonyl (C=O) groups excluding carboxylic acids is 1. The summed E-state index contributed by atoms with van der Waals surface area (Å²) in [5, 5.41) is 3.48. The minimum Gasteiger partial charge on any atom is -0.479 e. The van der Waals surface area contributed by atoms with Crippen molar-refractivity contribution >= 4 is 56.4 Å². The third kappa shape index (κ3) is 3.65. The molecule has 27 heavy (non-hydrogen) atoms. The number of rotatable bonds is 4. The van der Waals surface area contributed by atoms with Crippen LogP contribution in [-0.2, 0) is 15.0 Å². The Hall–Kier alpha value is -2.16. The number of halogens is 2. The van der Waals surface area contributed by atoms with E-state index in [1.165, 1.54) is 24.5 Å². The van der Waals surface area contributed by atoms with Gasteiger partial charge in [0, 0.05) is 24.8 Å². The second-order valence-corrected chi connectivity index (χ2v) is 8.81. The Balaban J connectivity index is 1.74. The molecule has 1 N–H and O–H groups in total. The van der Waals surface area contributed by atoms with Gasteiger partial charge in [-0.2, -0.15) is 8.42 Å². The van der Waals surface area contributed by atoms with Crippen molar-refractivity contribution in [3.63, 3.8) is 0 Å². The van der Waals surface area contributed by atoms with Crippen LogP contribution in [0.2, 0.25) is 10.0 Å². The molecule has 0 spiro atoms. The molecule has 0 aliphatic carbocycles. The van der Waals surface area contributed by atoms with Crippen LogP contribution in [0.4, 0.5) is 17.1 Å². The molecule has 3 rings (SSSR count). The van der Waals surface area contributed by atoms with E-state index in [4.69, 9.17) is 27.9 Å². The van der Waals surface area contributed by atoms with Crippen LogP contribution in [0.5, 0.6) is 5.75 Å². The number of hydrogen-bond acceptors (Lipinski definition) is 4. The molecular weight excluding hydrogens is 413 g/mol. The predicted octanol–water partition coefficient (Wildman–Crippen LogP) is 3.53. The second-order valence-electron chi connectivity index (χ2n) is 5.97. The molecule has 0 bridgehead atoms. The minimum absolute atomic E-state index is 0.301. The molecule has 1 amide bonds. The highest BCUT2D eigenvalue weighted by Crippen LogP contribution is 2.40. The summed E-state index contributed by atoms with van der Waals surface area (Å²) in [6.07, 6.45) is -0.832. The highest BCUT2D eigenvalue weighted by molar-refractivity contribution is 7.94. The molecule has 1 atom stereocenters. The Kier molecular flexibility index (Phi) is 5.16. The van der Waals surface area contributed by atoms with Crippen LogP contribution in [0.25, 0.3) is 0 Å². The van der Waals surface area contributed by atoms with Crippen LogP contribution in [0.1, 0.15) is 6.92 Å². The first-order valence-electron chi connectivity index (χ1n) is 7.90. The van der Waals surface area contributed by atoms with Gasteiger partial charge < -0.3 is 10.1 Å². The largest absolute Gasteiger partial charge is 0.479 e. The number of nitrogens with one attached hydrogen (secondary N) is 1. The van der Waals surface area contributed by atoms with E-state index in [2.05, 4.69) is 5.32 Å². The number of carbonyl (C=O) groups is 1. The molecule has 2 aromatic rings. The monoisotopic (exact) mass is 429 g/mol. The highest BCUT2D eigenvalue weighted by atomic mass is 35.5. The maximum Gasteiger partial charge on any atom is 0.326 e. The van der Waals surface area contributed by atoms with Crippen molar-refractivity contribution in [2.24, 2.45) is 0 Å². The standard InChI is InChI=1S/C17H17Cl2N3O4S/c1-10(26-16-7-4-11(18)8-13(16)19)17(23)20-12-5-6-14-15(9-12)22(3)27(24,25)21(14)2/h4-10H,1-3H3,(H,20,23)/t10-/m1/s1. The normalized spacial score (nSPS) is 16.0. The van der Waals surface area contributed by atoms with Crippen LogP contribution < -0.4 is 18.7 Å². The average molecular weight is 430 g/mol. The molecule has 1 aliphatic heterocycles. The van der Waals surface area contributed by atoms with Gasteiger partial charge in [0.2, 0.25) is 0 Å². The highest BCUT2D eigenvalue weighted by Gasteiger charge is 2.35. The van der Waals surface area contributed by atoms with E-state index < -0.39 is 22.2 Å². The topological polar surface area (TPSA) is 79.0 Å². The quantitative estimate of drug-likeness (QED) is 0.805. The molecule has 0 saturated heterocycles. The van der Waals surface area contributed by atoms with Gasteiger partial charge in [0.05, 0.1) is 16.4 Å². The lowest BCUT2D eigenvalue weighted by molar-refractivity contribution is -0.122.